The van der Waals surface area contributed by atoms with E-state index in [-0.39, 0.29) is 30.0 Å². The smallest absolute Gasteiger partial charge is 0.343 e. The maximum atomic E-state index is 13.0. The molecule has 1 amide bonds. The highest BCUT2D eigenvalue weighted by molar-refractivity contribution is 5.96. The minimum Gasteiger partial charge on any atom is -0.343 e. The Kier molecular flexibility index (Phi) is 7.26. The van der Waals surface area contributed by atoms with E-state index < -0.39 is 11.8 Å². The molecule has 0 saturated heterocycles. The van der Waals surface area contributed by atoms with Gasteiger partial charge < -0.3 is 5.32 Å². The highest BCUT2D eigenvalue weighted by Gasteiger charge is 2.24. The van der Waals surface area contributed by atoms with E-state index in [4.69, 9.17) is 4.52 Å². The van der Waals surface area contributed by atoms with Gasteiger partial charge in [-0.05, 0) is 36.1 Å². The van der Waals surface area contributed by atoms with Crippen molar-refractivity contribution in [2.24, 2.45) is 5.92 Å². The molecule has 2 heterocycles. The molecule has 31 heavy (non-hydrogen) atoms. The number of Topliss-reactive ketones (excluding diaryl/α,β-unsaturated/α-hetero) is 1. The van der Waals surface area contributed by atoms with Crippen molar-refractivity contribution in [1.29, 1.82) is 0 Å². The second kappa shape index (κ2) is 10.3. The number of aromatic nitrogens is 3. The maximum absolute atomic E-state index is 13.0. The predicted octanol–water partition coefficient (Wildman–Crippen LogP) is 2.71. The highest BCUT2D eigenvalue weighted by atomic mass is 16.5. The molecule has 2 aromatic heterocycles. The van der Waals surface area contributed by atoms with Crippen LogP contribution in [0.15, 0.2) is 70.1 Å². The molecule has 0 radical (unpaired) electrons. The van der Waals surface area contributed by atoms with Crippen molar-refractivity contribution in [2.45, 2.75) is 32.9 Å². The minimum atomic E-state index is -0.758. The third kappa shape index (κ3) is 6.08. The molecule has 0 spiro atoms. The summed E-state index contributed by atoms with van der Waals surface area (Å²) in [5.41, 5.74) is 1.29. The summed E-state index contributed by atoms with van der Waals surface area (Å²) >= 11 is 0. The van der Waals surface area contributed by atoms with Crippen molar-refractivity contribution in [2.75, 3.05) is 0 Å². The molecule has 0 saturated carbocycles. The van der Waals surface area contributed by atoms with Crippen molar-refractivity contribution >= 4 is 17.8 Å². The fourth-order valence-electron chi connectivity index (χ4n) is 3.05. The molecule has 3 aromatic rings. The lowest BCUT2D eigenvalue weighted by Crippen LogP contribution is -2.43. The predicted molar refractivity (Wildman–Crippen MR) is 116 cm³/mol. The molecule has 8 heteroatoms. The minimum absolute atomic E-state index is 0.154. The zero-order valence-electron chi connectivity index (χ0n) is 17.4. The summed E-state index contributed by atoms with van der Waals surface area (Å²) in [5.74, 6) is -1.14. The van der Waals surface area contributed by atoms with E-state index in [0.29, 0.717) is 12.1 Å². The first-order chi connectivity index (χ1) is 14.9. The Balaban J connectivity index is 1.75. The van der Waals surface area contributed by atoms with E-state index >= 15 is 0 Å². The molecule has 0 aliphatic rings. The molecule has 1 atom stereocenters. The van der Waals surface area contributed by atoms with Crippen LogP contribution in [-0.4, -0.2) is 32.4 Å². The third-order valence-electron chi connectivity index (χ3n) is 4.53. The first-order valence-electron chi connectivity index (χ1n) is 9.98. The maximum Gasteiger partial charge on any atom is 0.442 e. The Hall–Kier alpha value is -3.81. The van der Waals surface area contributed by atoms with Gasteiger partial charge in [0.25, 0.3) is 0 Å². The van der Waals surface area contributed by atoms with E-state index in [1.807, 2.05) is 44.2 Å². The van der Waals surface area contributed by atoms with Crippen LogP contribution in [0.5, 0.6) is 0 Å². The monoisotopic (exact) mass is 420 g/mol. The average molecular weight is 420 g/mol. The number of hydrogen-bond donors (Lipinski definition) is 1. The molecule has 1 aromatic carbocycles. The van der Waals surface area contributed by atoms with Crippen LogP contribution < -0.4 is 11.1 Å². The fourth-order valence-corrected chi connectivity index (χ4v) is 3.05. The van der Waals surface area contributed by atoms with Gasteiger partial charge >= 0.3 is 5.76 Å². The zero-order valence-corrected chi connectivity index (χ0v) is 17.4. The summed E-state index contributed by atoms with van der Waals surface area (Å²) in [7, 11) is 0. The van der Waals surface area contributed by atoms with Crippen molar-refractivity contribution in [3.8, 4) is 11.5 Å². The highest BCUT2D eigenvalue weighted by Crippen LogP contribution is 2.13. The zero-order chi connectivity index (χ0) is 22.2. The lowest BCUT2D eigenvalue weighted by Gasteiger charge is -2.19. The summed E-state index contributed by atoms with van der Waals surface area (Å²) in [4.78, 5) is 41.7. The summed E-state index contributed by atoms with van der Waals surface area (Å²) in [6.07, 6.45) is 5.06. The van der Waals surface area contributed by atoms with Crippen LogP contribution in [-0.2, 0) is 16.1 Å². The molecule has 0 bridgehead atoms. The summed E-state index contributed by atoms with van der Waals surface area (Å²) in [5, 5.41) is 6.50. The number of benzene rings is 1. The van der Waals surface area contributed by atoms with E-state index in [9.17, 15) is 14.4 Å². The van der Waals surface area contributed by atoms with Gasteiger partial charge in [0.05, 0.1) is 12.6 Å². The van der Waals surface area contributed by atoms with Crippen LogP contribution in [0.1, 0.15) is 25.8 Å². The van der Waals surface area contributed by atoms with Gasteiger partial charge in [-0.25, -0.2) is 9.36 Å². The second-order valence-corrected chi connectivity index (χ2v) is 7.47. The van der Waals surface area contributed by atoms with Gasteiger partial charge in [-0.15, -0.1) is 0 Å². The van der Waals surface area contributed by atoms with Crippen molar-refractivity contribution < 1.29 is 14.1 Å². The number of nitrogens with one attached hydrogen (secondary N) is 1. The third-order valence-corrected chi connectivity index (χ3v) is 4.53. The van der Waals surface area contributed by atoms with Gasteiger partial charge in [0, 0.05) is 12.3 Å². The van der Waals surface area contributed by atoms with Gasteiger partial charge in [0.1, 0.15) is 5.69 Å². The molecule has 0 aliphatic carbocycles. The van der Waals surface area contributed by atoms with E-state index in [1.54, 1.807) is 30.5 Å². The van der Waals surface area contributed by atoms with Gasteiger partial charge in [0.2, 0.25) is 11.7 Å². The second-order valence-electron chi connectivity index (χ2n) is 7.47. The van der Waals surface area contributed by atoms with E-state index in [1.165, 1.54) is 6.08 Å². The lowest BCUT2D eigenvalue weighted by atomic mass is 10.00. The first kappa shape index (κ1) is 21.9. The molecule has 8 nitrogen and oxygen atoms in total. The fraction of sp³-hybridized carbons (Fsp3) is 0.261. The van der Waals surface area contributed by atoms with Gasteiger partial charge in [0.15, 0.2) is 5.78 Å². The Morgan fingerprint density at radius 2 is 1.87 bits per heavy atom. The van der Waals surface area contributed by atoms with E-state index in [0.717, 1.165) is 10.1 Å². The van der Waals surface area contributed by atoms with Crippen molar-refractivity contribution in [1.82, 2.24) is 20.0 Å². The first-order valence-corrected chi connectivity index (χ1v) is 9.98. The number of carbonyl (C=O) groups is 2. The van der Waals surface area contributed by atoms with Gasteiger partial charge in [-0.2, -0.15) is 0 Å². The van der Waals surface area contributed by atoms with Crippen LogP contribution in [0.4, 0.5) is 0 Å². The lowest BCUT2D eigenvalue weighted by molar-refractivity contribution is -0.126. The number of pyridine rings is 1. The molecule has 3 rings (SSSR count). The van der Waals surface area contributed by atoms with Gasteiger partial charge in [-0.3, -0.25) is 19.1 Å². The number of rotatable bonds is 9. The number of hydrogen-bond acceptors (Lipinski definition) is 6. The number of nitrogens with zero attached hydrogens (tertiary/aromatic N) is 3. The Morgan fingerprint density at radius 1 is 1.13 bits per heavy atom. The summed E-state index contributed by atoms with van der Waals surface area (Å²) < 4.78 is 5.88. The van der Waals surface area contributed by atoms with Crippen molar-refractivity contribution in [3.63, 3.8) is 0 Å². The summed E-state index contributed by atoms with van der Waals surface area (Å²) in [6.45, 7) is 3.63. The van der Waals surface area contributed by atoms with Gasteiger partial charge in [-0.1, -0.05) is 55.4 Å². The molecular formula is C23H24N4O4. The normalized spacial score (nSPS) is 12.2. The SMILES string of the molecule is CC(C)C[C@H](NC(=O)C=Cc1ccccc1)C(=O)Cn1c(-c2ccccn2)noc1=O. The largest absolute Gasteiger partial charge is 0.442 e. The quantitative estimate of drug-likeness (QED) is 0.534. The number of amides is 1. The average Bonchev–Trinajstić information content (AvgIpc) is 3.13. The van der Waals surface area contributed by atoms with Crippen LogP contribution in [0.25, 0.3) is 17.6 Å². The Labute approximate surface area is 179 Å². The summed E-state index contributed by atoms with van der Waals surface area (Å²) in [6, 6.07) is 13.8. The van der Waals surface area contributed by atoms with Crippen LogP contribution >= 0.6 is 0 Å². The Morgan fingerprint density at radius 3 is 2.55 bits per heavy atom. The molecule has 0 aliphatic heterocycles. The number of ketones is 1. The molecule has 1 N–H and O–H groups in total. The Bertz CT molecular complexity index is 1100. The molecular weight excluding hydrogens is 396 g/mol. The van der Waals surface area contributed by atoms with Crippen molar-refractivity contribution in [3.05, 3.63) is 76.9 Å². The standard InChI is InChI=1S/C23H24N4O4/c1-16(2)14-19(25-21(29)12-11-17-8-4-3-5-9-17)20(28)15-27-22(26-31-23(27)30)18-10-6-7-13-24-18/h3-13,16,19H,14-15H2,1-2H3,(H,25,29)/t19-/m0/s1. The van der Waals surface area contributed by atoms with Crippen LogP contribution in [0.3, 0.4) is 0 Å². The topological polar surface area (TPSA) is 107 Å². The number of carbonyl (C=O) groups excluding carboxylic acids is 2. The van der Waals surface area contributed by atoms with Crippen LogP contribution in [0, 0.1) is 5.92 Å². The van der Waals surface area contributed by atoms with E-state index in [2.05, 4.69) is 15.5 Å². The molecule has 0 fully saturated rings. The molecule has 160 valence electrons. The molecule has 0 unspecified atom stereocenters. The van der Waals surface area contributed by atoms with Crippen LogP contribution in [0.2, 0.25) is 0 Å².